The molecule has 0 aliphatic heterocycles. The van der Waals surface area contributed by atoms with Crippen LogP contribution in [-0.4, -0.2) is 38.4 Å². The van der Waals surface area contributed by atoms with Gasteiger partial charge < -0.3 is 14.0 Å². The van der Waals surface area contributed by atoms with Gasteiger partial charge in [0.05, 0.1) is 20.2 Å². The van der Waals surface area contributed by atoms with Crippen LogP contribution in [0.3, 0.4) is 0 Å². The number of benzene rings is 1. The number of aromatic nitrogens is 4. The number of carbonyl (C=O) groups excluding carboxylic acids is 1. The number of nitrogens with zero attached hydrogens (tertiary/aromatic N) is 4. The molecule has 0 aliphatic rings. The van der Waals surface area contributed by atoms with Gasteiger partial charge in [0, 0.05) is 13.5 Å². The number of fused-ring (bicyclic) bond motifs is 1. The van der Waals surface area contributed by atoms with Crippen LogP contribution in [0.2, 0.25) is 0 Å². The average Bonchev–Trinajstić information content (AvgIpc) is 3.01. The summed E-state index contributed by atoms with van der Waals surface area (Å²) < 4.78 is 14.8. The molecule has 3 rings (SSSR count). The first-order chi connectivity index (χ1) is 13.9. The second kappa shape index (κ2) is 8.64. The maximum absolute atomic E-state index is 13.0. The predicted molar refractivity (Wildman–Crippen MR) is 110 cm³/mol. The van der Waals surface area contributed by atoms with Crippen molar-refractivity contribution in [2.24, 2.45) is 0 Å². The number of imidazole rings is 1. The molecule has 0 fully saturated rings. The molecule has 10 heteroatoms. The molecule has 1 aromatic carbocycles. The van der Waals surface area contributed by atoms with E-state index in [1.165, 1.54) is 11.5 Å². The number of ether oxygens (including phenoxy) is 2. The Morgan fingerprint density at radius 3 is 2.41 bits per heavy atom. The molecule has 0 unspecified atom stereocenters. The van der Waals surface area contributed by atoms with E-state index in [1.807, 2.05) is 24.3 Å². The molecule has 29 heavy (non-hydrogen) atoms. The zero-order chi connectivity index (χ0) is 21.1. The lowest BCUT2D eigenvalue weighted by Crippen LogP contribution is -2.40. The van der Waals surface area contributed by atoms with Crippen LogP contribution in [0.25, 0.3) is 11.2 Å². The SMILES string of the molecule is CCn1c(=O)c2c(nc(Br)n2Cc2ccc(OC)cc2)n(CCOC(C)=O)c1=O. The van der Waals surface area contributed by atoms with Gasteiger partial charge in [-0.05, 0) is 40.5 Å². The molecule has 3 aromatic rings. The summed E-state index contributed by atoms with van der Waals surface area (Å²) >= 11 is 3.40. The smallest absolute Gasteiger partial charge is 0.332 e. The van der Waals surface area contributed by atoms with Gasteiger partial charge in [-0.15, -0.1) is 0 Å². The van der Waals surface area contributed by atoms with Crippen LogP contribution in [0.4, 0.5) is 0 Å². The van der Waals surface area contributed by atoms with Crippen LogP contribution in [0.15, 0.2) is 38.6 Å². The average molecular weight is 465 g/mol. The summed E-state index contributed by atoms with van der Waals surface area (Å²) in [5.41, 5.74) is 0.585. The third-order valence-corrected chi connectivity index (χ3v) is 5.11. The molecule has 0 atom stereocenters. The minimum Gasteiger partial charge on any atom is -0.497 e. The molecule has 0 bridgehead atoms. The van der Waals surface area contributed by atoms with Gasteiger partial charge in [-0.2, -0.15) is 0 Å². The van der Waals surface area contributed by atoms with Crippen molar-refractivity contribution in [2.75, 3.05) is 13.7 Å². The lowest BCUT2D eigenvalue weighted by Gasteiger charge is -2.12. The van der Waals surface area contributed by atoms with Crippen LogP contribution in [0, 0.1) is 0 Å². The Balaban J connectivity index is 2.13. The first kappa shape index (κ1) is 20.8. The van der Waals surface area contributed by atoms with Crippen molar-refractivity contribution in [3.05, 3.63) is 55.4 Å². The Morgan fingerprint density at radius 2 is 1.83 bits per heavy atom. The number of carbonyl (C=O) groups is 1. The fourth-order valence-corrected chi connectivity index (χ4v) is 3.55. The van der Waals surface area contributed by atoms with Crippen molar-refractivity contribution >= 4 is 33.1 Å². The monoisotopic (exact) mass is 464 g/mol. The second-order valence-corrected chi connectivity index (χ2v) is 7.02. The minimum absolute atomic E-state index is 0.00914. The summed E-state index contributed by atoms with van der Waals surface area (Å²) in [6.07, 6.45) is 0. The van der Waals surface area contributed by atoms with Crippen molar-refractivity contribution in [1.29, 1.82) is 0 Å². The van der Waals surface area contributed by atoms with Crippen LogP contribution >= 0.6 is 15.9 Å². The third kappa shape index (κ3) is 4.12. The minimum atomic E-state index is -0.487. The zero-order valence-corrected chi connectivity index (χ0v) is 17.9. The van der Waals surface area contributed by atoms with Gasteiger partial charge in [-0.3, -0.25) is 18.7 Å². The van der Waals surface area contributed by atoms with Crippen LogP contribution < -0.4 is 16.0 Å². The molecule has 0 saturated heterocycles. The van der Waals surface area contributed by atoms with E-state index in [0.717, 1.165) is 15.9 Å². The van der Waals surface area contributed by atoms with Crippen molar-refractivity contribution < 1.29 is 14.3 Å². The Morgan fingerprint density at radius 1 is 1.14 bits per heavy atom. The van der Waals surface area contributed by atoms with Gasteiger partial charge in [0.15, 0.2) is 15.9 Å². The Bertz CT molecular complexity index is 1160. The highest BCUT2D eigenvalue weighted by molar-refractivity contribution is 9.10. The number of hydrogen-bond donors (Lipinski definition) is 0. The number of rotatable bonds is 7. The summed E-state index contributed by atoms with van der Waals surface area (Å²) in [5.74, 6) is 0.292. The normalized spacial score (nSPS) is 11.0. The Labute approximate surface area is 174 Å². The van der Waals surface area contributed by atoms with E-state index in [0.29, 0.717) is 16.8 Å². The standard InChI is InChI=1S/C19H21BrN4O5/c1-4-22-17(26)15-16(23(19(22)27)9-10-29-12(2)25)21-18(20)24(15)11-13-5-7-14(28-3)8-6-13/h5-8H,4,9-11H2,1-3H3. The molecule has 0 aliphatic carbocycles. The number of esters is 1. The zero-order valence-electron chi connectivity index (χ0n) is 16.3. The first-order valence-corrected chi connectivity index (χ1v) is 9.82. The highest BCUT2D eigenvalue weighted by Gasteiger charge is 2.20. The second-order valence-electron chi connectivity index (χ2n) is 6.31. The van der Waals surface area contributed by atoms with E-state index >= 15 is 0 Å². The lowest BCUT2D eigenvalue weighted by atomic mass is 10.2. The van der Waals surface area contributed by atoms with E-state index in [1.54, 1.807) is 18.6 Å². The predicted octanol–water partition coefficient (Wildman–Crippen LogP) is 1.76. The fourth-order valence-electron chi connectivity index (χ4n) is 3.08. The van der Waals surface area contributed by atoms with Crippen LogP contribution in [-0.2, 0) is 29.2 Å². The van der Waals surface area contributed by atoms with Crippen molar-refractivity contribution in [3.63, 3.8) is 0 Å². The molecule has 2 aromatic heterocycles. The largest absolute Gasteiger partial charge is 0.497 e. The summed E-state index contributed by atoms with van der Waals surface area (Å²) in [5, 5.41) is 0. The van der Waals surface area contributed by atoms with E-state index < -0.39 is 17.2 Å². The molecule has 0 spiro atoms. The maximum atomic E-state index is 13.0. The van der Waals surface area contributed by atoms with Gasteiger partial charge in [-0.1, -0.05) is 12.1 Å². The van der Waals surface area contributed by atoms with Crippen LogP contribution in [0.5, 0.6) is 5.75 Å². The van der Waals surface area contributed by atoms with E-state index in [4.69, 9.17) is 9.47 Å². The number of hydrogen-bond acceptors (Lipinski definition) is 6. The summed E-state index contributed by atoms with van der Waals surface area (Å²) in [6.45, 7) is 3.72. The summed E-state index contributed by atoms with van der Waals surface area (Å²) in [6, 6.07) is 7.46. The molecule has 9 nitrogen and oxygen atoms in total. The lowest BCUT2D eigenvalue weighted by molar-refractivity contribution is -0.141. The van der Waals surface area contributed by atoms with Gasteiger partial charge in [0.25, 0.3) is 5.56 Å². The van der Waals surface area contributed by atoms with E-state index in [-0.39, 0.29) is 25.3 Å². The van der Waals surface area contributed by atoms with Gasteiger partial charge in [-0.25, -0.2) is 9.78 Å². The number of methoxy groups -OCH3 is 1. The highest BCUT2D eigenvalue weighted by Crippen LogP contribution is 2.20. The Hall–Kier alpha value is -2.88. The quantitative estimate of drug-likeness (QED) is 0.390. The number of halogens is 1. The molecule has 0 radical (unpaired) electrons. The molecule has 0 amide bonds. The molecule has 0 N–H and O–H groups in total. The van der Waals surface area contributed by atoms with E-state index in [9.17, 15) is 14.4 Å². The molecular formula is C19H21BrN4O5. The van der Waals surface area contributed by atoms with Crippen molar-refractivity contribution in [2.45, 2.75) is 33.5 Å². The van der Waals surface area contributed by atoms with Crippen molar-refractivity contribution in [1.82, 2.24) is 18.7 Å². The highest BCUT2D eigenvalue weighted by atomic mass is 79.9. The van der Waals surface area contributed by atoms with Gasteiger partial charge in [0.2, 0.25) is 0 Å². The summed E-state index contributed by atoms with van der Waals surface area (Å²) in [7, 11) is 1.59. The summed E-state index contributed by atoms with van der Waals surface area (Å²) in [4.78, 5) is 41.2. The first-order valence-electron chi connectivity index (χ1n) is 9.03. The third-order valence-electron chi connectivity index (χ3n) is 4.50. The maximum Gasteiger partial charge on any atom is 0.332 e. The molecule has 2 heterocycles. The van der Waals surface area contributed by atoms with Crippen molar-refractivity contribution in [3.8, 4) is 5.75 Å². The van der Waals surface area contributed by atoms with Gasteiger partial charge >= 0.3 is 11.7 Å². The fraction of sp³-hybridized carbons (Fsp3) is 0.368. The molecular weight excluding hydrogens is 444 g/mol. The Kier molecular flexibility index (Phi) is 6.21. The van der Waals surface area contributed by atoms with E-state index in [2.05, 4.69) is 20.9 Å². The van der Waals surface area contributed by atoms with Gasteiger partial charge in [0.1, 0.15) is 12.4 Å². The topological polar surface area (TPSA) is 97.3 Å². The van der Waals surface area contributed by atoms with Crippen LogP contribution in [0.1, 0.15) is 19.4 Å². The molecule has 0 saturated carbocycles. The molecule has 154 valence electrons.